The van der Waals surface area contributed by atoms with Gasteiger partial charge in [-0.05, 0) is 104 Å². The molecule has 0 bridgehead atoms. The van der Waals surface area contributed by atoms with E-state index in [0.29, 0.717) is 0 Å². The van der Waals surface area contributed by atoms with E-state index in [1.807, 2.05) is 0 Å². The van der Waals surface area contributed by atoms with Crippen molar-refractivity contribution in [3.8, 4) is 27.9 Å². The van der Waals surface area contributed by atoms with E-state index in [1.165, 1.54) is 76.7 Å². The van der Waals surface area contributed by atoms with Crippen molar-refractivity contribution < 1.29 is 0 Å². The minimum Gasteiger partial charge on any atom is -0.310 e. The van der Waals surface area contributed by atoms with Gasteiger partial charge in [-0.3, -0.25) is 0 Å². The number of fused-ring (bicyclic) bond motifs is 11. The third-order valence-electron chi connectivity index (χ3n) is 13.8. The number of hydrogen-bond acceptors (Lipinski definition) is 1. The molecule has 1 aliphatic rings. The van der Waals surface area contributed by atoms with Crippen LogP contribution in [-0.4, -0.2) is 4.57 Å². The van der Waals surface area contributed by atoms with Crippen LogP contribution in [0.2, 0.25) is 0 Å². The predicted octanol–water partition coefficient (Wildman–Crippen LogP) is 16.6. The molecule has 13 rings (SSSR count). The van der Waals surface area contributed by atoms with E-state index in [2.05, 4.69) is 264 Å². The molecule has 1 aliphatic carbocycles. The Bertz CT molecular complexity index is 3680. The van der Waals surface area contributed by atoms with Gasteiger partial charge in [0.2, 0.25) is 0 Å². The van der Waals surface area contributed by atoms with Gasteiger partial charge in [0.1, 0.15) is 0 Å². The summed E-state index contributed by atoms with van der Waals surface area (Å²) >= 11 is 0. The molecule has 2 nitrogen and oxygen atoms in total. The van der Waals surface area contributed by atoms with Crippen molar-refractivity contribution in [2.75, 3.05) is 4.90 Å². The van der Waals surface area contributed by atoms with Gasteiger partial charge in [-0.2, -0.15) is 0 Å². The highest BCUT2D eigenvalue weighted by atomic mass is 15.1. The van der Waals surface area contributed by atoms with E-state index < -0.39 is 5.41 Å². The Balaban J connectivity index is 1.12. The summed E-state index contributed by atoms with van der Waals surface area (Å²) in [6.45, 7) is 0. The van der Waals surface area contributed by atoms with Crippen LogP contribution in [0.4, 0.5) is 17.1 Å². The van der Waals surface area contributed by atoms with Crippen molar-refractivity contribution in [2.24, 2.45) is 0 Å². The Hall–Kier alpha value is -8.46. The summed E-state index contributed by atoms with van der Waals surface area (Å²) in [7, 11) is 0. The summed E-state index contributed by atoms with van der Waals surface area (Å²) in [5.41, 5.74) is 16.4. The van der Waals surface area contributed by atoms with Crippen LogP contribution in [0.1, 0.15) is 22.3 Å². The Morgan fingerprint density at radius 1 is 0.338 bits per heavy atom. The molecule has 0 N–H and O–H groups in total. The fraction of sp³-hybridized carbons (Fsp3) is 0.0159. The normalized spacial score (nSPS) is 12.7. The molecule has 0 amide bonds. The van der Waals surface area contributed by atoms with E-state index in [1.54, 1.807) is 0 Å². The van der Waals surface area contributed by atoms with Crippen LogP contribution >= 0.6 is 0 Å². The molecule has 1 aromatic heterocycles. The minimum absolute atomic E-state index is 0.475. The molecule has 0 fully saturated rings. The number of nitrogens with zero attached hydrogens (tertiary/aromatic N) is 2. The monoisotopic (exact) mass is 826 g/mol. The third kappa shape index (κ3) is 5.54. The van der Waals surface area contributed by atoms with Gasteiger partial charge in [0.05, 0.1) is 22.1 Å². The van der Waals surface area contributed by atoms with Gasteiger partial charge in [0.15, 0.2) is 0 Å². The van der Waals surface area contributed by atoms with Crippen molar-refractivity contribution in [1.82, 2.24) is 4.57 Å². The second-order valence-electron chi connectivity index (χ2n) is 17.2. The SMILES string of the molecule is c1ccc(N(c2ccccc2)c2ccccc2-c2ccc3c4c5ccccc5c5ccccc5c4n(-c4ccc5c(c4)-c4ccccc4C5(c4ccccc4)c4ccccc4)c3c2)cc1. The molecular weight excluding hydrogens is 785 g/mol. The molecular formula is C63H42N2. The van der Waals surface area contributed by atoms with E-state index in [-0.39, 0.29) is 0 Å². The van der Waals surface area contributed by atoms with E-state index >= 15 is 0 Å². The summed E-state index contributed by atoms with van der Waals surface area (Å²) in [5.74, 6) is 0. The summed E-state index contributed by atoms with van der Waals surface area (Å²) in [4.78, 5) is 2.37. The molecule has 0 aliphatic heterocycles. The lowest BCUT2D eigenvalue weighted by atomic mass is 9.68. The topological polar surface area (TPSA) is 8.17 Å². The Morgan fingerprint density at radius 2 is 0.846 bits per heavy atom. The highest BCUT2D eigenvalue weighted by Gasteiger charge is 2.46. The standard InChI is InChI=1S/C63H42N2/c1-5-21-44(22-6-1)63(45-23-7-2-8-24-45)57-35-19-17-32-52(57)56-42-48(38-40-58(56)63)65-60-41-43(37-39-55(60)61-53-33-15-13-30-50(53)51-31-14-16-34-54(51)62(61)65)49-29-18-20-36-59(49)64(46-25-9-3-10-26-46)47-27-11-4-12-28-47/h1-42H. The van der Waals surface area contributed by atoms with Crippen LogP contribution in [0, 0.1) is 0 Å². The van der Waals surface area contributed by atoms with Gasteiger partial charge in [-0.15, -0.1) is 0 Å². The summed E-state index contributed by atoms with van der Waals surface area (Å²) < 4.78 is 2.56. The molecule has 0 unspecified atom stereocenters. The molecule has 1 heterocycles. The Morgan fingerprint density at radius 3 is 1.51 bits per heavy atom. The second kappa shape index (κ2) is 14.8. The Labute approximate surface area is 378 Å². The molecule has 0 atom stereocenters. The molecule has 65 heavy (non-hydrogen) atoms. The summed E-state index contributed by atoms with van der Waals surface area (Å²) in [6, 6.07) is 93.8. The minimum atomic E-state index is -0.475. The lowest BCUT2D eigenvalue weighted by Crippen LogP contribution is -2.28. The van der Waals surface area contributed by atoms with E-state index in [4.69, 9.17) is 0 Å². The van der Waals surface area contributed by atoms with Gasteiger partial charge in [-0.25, -0.2) is 0 Å². The number of rotatable bonds is 7. The fourth-order valence-corrected chi connectivity index (χ4v) is 11.2. The molecule has 11 aromatic carbocycles. The quantitative estimate of drug-likeness (QED) is 0.145. The first-order chi connectivity index (χ1) is 32.3. The van der Waals surface area contributed by atoms with Gasteiger partial charge in [0, 0.05) is 38.8 Å². The number of hydrogen-bond donors (Lipinski definition) is 0. The predicted molar refractivity (Wildman–Crippen MR) is 273 cm³/mol. The van der Waals surface area contributed by atoms with Crippen molar-refractivity contribution in [3.05, 3.63) is 277 Å². The maximum atomic E-state index is 2.56. The molecule has 2 heteroatoms. The zero-order valence-electron chi connectivity index (χ0n) is 35.6. The first-order valence-electron chi connectivity index (χ1n) is 22.5. The van der Waals surface area contributed by atoms with E-state index in [9.17, 15) is 0 Å². The second-order valence-corrected chi connectivity index (χ2v) is 17.2. The highest BCUT2D eigenvalue weighted by molar-refractivity contribution is 6.32. The molecule has 12 aromatic rings. The fourth-order valence-electron chi connectivity index (χ4n) is 11.2. The number of para-hydroxylation sites is 3. The highest BCUT2D eigenvalue weighted by Crippen LogP contribution is 2.57. The maximum Gasteiger partial charge on any atom is 0.0713 e. The van der Waals surface area contributed by atoms with Gasteiger partial charge < -0.3 is 9.47 Å². The van der Waals surface area contributed by atoms with Gasteiger partial charge in [0.25, 0.3) is 0 Å². The molecule has 0 radical (unpaired) electrons. The third-order valence-corrected chi connectivity index (χ3v) is 13.8. The van der Waals surface area contributed by atoms with E-state index in [0.717, 1.165) is 33.9 Å². The van der Waals surface area contributed by atoms with Gasteiger partial charge >= 0.3 is 0 Å². The molecule has 304 valence electrons. The van der Waals surface area contributed by atoms with Crippen LogP contribution in [-0.2, 0) is 5.41 Å². The zero-order valence-corrected chi connectivity index (χ0v) is 35.6. The van der Waals surface area contributed by atoms with Crippen molar-refractivity contribution in [3.63, 3.8) is 0 Å². The van der Waals surface area contributed by atoms with Crippen LogP contribution in [0.3, 0.4) is 0 Å². The number of benzene rings is 11. The lowest BCUT2D eigenvalue weighted by molar-refractivity contribution is 0.768. The maximum absolute atomic E-state index is 2.56. The van der Waals surface area contributed by atoms with Crippen LogP contribution in [0.25, 0.3) is 71.3 Å². The molecule has 0 saturated carbocycles. The van der Waals surface area contributed by atoms with Crippen LogP contribution in [0.5, 0.6) is 0 Å². The van der Waals surface area contributed by atoms with Crippen LogP contribution in [0.15, 0.2) is 255 Å². The average Bonchev–Trinajstić information content (AvgIpc) is 3.89. The van der Waals surface area contributed by atoms with Crippen molar-refractivity contribution in [1.29, 1.82) is 0 Å². The smallest absolute Gasteiger partial charge is 0.0713 e. The summed E-state index contributed by atoms with van der Waals surface area (Å²) in [6.07, 6.45) is 0. The van der Waals surface area contributed by atoms with Crippen molar-refractivity contribution in [2.45, 2.75) is 5.41 Å². The van der Waals surface area contributed by atoms with Crippen LogP contribution < -0.4 is 4.90 Å². The average molecular weight is 827 g/mol. The molecule has 0 saturated heterocycles. The lowest BCUT2D eigenvalue weighted by Gasteiger charge is -2.33. The Kier molecular flexibility index (Phi) is 8.47. The first kappa shape index (κ1) is 37.1. The zero-order chi connectivity index (χ0) is 42.9. The largest absolute Gasteiger partial charge is 0.310 e. The van der Waals surface area contributed by atoms with Gasteiger partial charge in [-0.1, -0.05) is 206 Å². The summed E-state index contributed by atoms with van der Waals surface area (Å²) in [5, 5.41) is 7.52. The molecule has 0 spiro atoms. The number of anilines is 3. The van der Waals surface area contributed by atoms with Crippen molar-refractivity contribution >= 4 is 60.4 Å². The number of aromatic nitrogens is 1. The first-order valence-corrected chi connectivity index (χ1v) is 22.5.